The van der Waals surface area contributed by atoms with Crippen molar-refractivity contribution in [1.82, 2.24) is 10.3 Å². The molecular weight excluding hydrogens is 282 g/mol. The number of carbonyl (C=O) groups is 3. The van der Waals surface area contributed by atoms with Crippen molar-refractivity contribution < 1.29 is 29.0 Å². The van der Waals surface area contributed by atoms with Gasteiger partial charge < -0.3 is 19.9 Å². The van der Waals surface area contributed by atoms with Crippen LogP contribution in [0.5, 0.6) is 0 Å². The standard InChI is InChI=1S/C12H15N3O6/c1-20-11(18)8(6-16)14-10(17)7-3-4-13-9(5-7)15-12(19)21-2/h3-5,8,16H,6H2,1-2H3,(H,14,17)(H,13,15,19)/t8-/m0/s1. The number of hydrogen-bond acceptors (Lipinski definition) is 7. The van der Waals surface area contributed by atoms with Gasteiger partial charge in [-0.15, -0.1) is 0 Å². The first kappa shape index (κ1) is 16.4. The molecule has 0 aliphatic carbocycles. The normalized spacial score (nSPS) is 11.2. The molecular formula is C12H15N3O6. The largest absolute Gasteiger partial charge is 0.467 e. The quantitative estimate of drug-likeness (QED) is 0.626. The Morgan fingerprint density at radius 1 is 1.33 bits per heavy atom. The summed E-state index contributed by atoms with van der Waals surface area (Å²) in [5.41, 5.74) is 0.138. The molecule has 0 radical (unpaired) electrons. The third kappa shape index (κ3) is 4.73. The molecule has 1 heterocycles. The molecule has 0 spiro atoms. The number of esters is 1. The molecule has 0 aliphatic rings. The molecule has 0 aromatic carbocycles. The molecule has 1 atom stereocenters. The van der Waals surface area contributed by atoms with Crippen LogP contribution in [0.1, 0.15) is 10.4 Å². The van der Waals surface area contributed by atoms with E-state index in [-0.39, 0.29) is 11.4 Å². The van der Waals surface area contributed by atoms with E-state index in [0.29, 0.717) is 0 Å². The van der Waals surface area contributed by atoms with Gasteiger partial charge in [-0.2, -0.15) is 0 Å². The average molecular weight is 297 g/mol. The van der Waals surface area contributed by atoms with Crippen LogP contribution in [-0.4, -0.2) is 54.9 Å². The number of hydrogen-bond donors (Lipinski definition) is 3. The Balaban J connectivity index is 2.80. The summed E-state index contributed by atoms with van der Waals surface area (Å²) in [6, 6.07) is 1.49. The molecule has 0 saturated heterocycles. The minimum Gasteiger partial charge on any atom is -0.467 e. The van der Waals surface area contributed by atoms with Crippen LogP contribution in [0.2, 0.25) is 0 Å². The van der Waals surface area contributed by atoms with Crippen molar-refractivity contribution in [2.75, 3.05) is 26.1 Å². The maximum Gasteiger partial charge on any atom is 0.412 e. The van der Waals surface area contributed by atoms with Gasteiger partial charge in [0.2, 0.25) is 0 Å². The monoisotopic (exact) mass is 297 g/mol. The van der Waals surface area contributed by atoms with Gasteiger partial charge in [-0.3, -0.25) is 10.1 Å². The van der Waals surface area contributed by atoms with Gasteiger partial charge in [0, 0.05) is 11.8 Å². The highest BCUT2D eigenvalue weighted by molar-refractivity contribution is 5.97. The molecule has 1 rings (SSSR count). The Bertz CT molecular complexity index is 533. The van der Waals surface area contributed by atoms with E-state index in [1.807, 2.05) is 0 Å². The fraction of sp³-hybridized carbons (Fsp3) is 0.333. The number of carbonyl (C=O) groups excluding carboxylic acids is 3. The zero-order valence-corrected chi connectivity index (χ0v) is 11.5. The number of pyridine rings is 1. The second kappa shape index (κ2) is 7.80. The van der Waals surface area contributed by atoms with Crippen molar-refractivity contribution in [3.8, 4) is 0 Å². The van der Waals surface area contributed by atoms with Crippen LogP contribution >= 0.6 is 0 Å². The van der Waals surface area contributed by atoms with Crippen LogP contribution in [0.3, 0.4) is 0 Å². The first-order valence-electron chi connectivity index (χ1n) is 5.82. The summed E-state index contributed by atoms with van der Waals surface area (Å²) >= 11 is 0. The number of anilines is 1. The topological polar surface area (TPSA) is 127 Å². The highest BCUT2D eigenvalue weighted by atomic mass is 16.5. The number of aliphatic hydroxyl groups is 1. The number of aliphatic hydroxyl groups excluding tert-OH is 1. The number of nitrogens with zero attached hydrogens (tertiary/aromatic N) is 1. The fourth-order valence-electron chi connectivity index (χ4n) is 1.36. The van der Waals surface area contributed by atoms with Crippen molar-refractivity contribution in [3.05, 3.63) is 23.9 Å². The summed E-state index contributed by atoms with van der Waals surface area (Å²) in [5, 5.41) is 13.6. The lowest BCUT2D eigenvalue weighted by Crippen LogP contribution is -2.44. The van der Waals surface area contributed by atoms with Crippen molar-refractivity contribution >= 4 is 23.8 Å². The summed E-state index contributed by atoms with van der Waals surface area (Å²) in [5.74, 6) is -1.30. The van der Waals surface area contributed by atoms with E-state index in [0.717, 1.165) is 7.11 Å². The maximum absolute atomic E-state index is 11.9. The Morgan fingerprint density at radius 2 is 2.05 bits per heavy atom. The zero-order chi connectivity index (χ0) is 15.8. The minimum atomic E-state index is -1.17. The van der Waals surface area contributed by atoms with Crippen LogP contribution in [0, 0.1) is 0 Å². The van der Waals surface area contributed by atoms with Crippen LogP contribution in [0.4, 0.5) is 10.6 Å². The number of ether oxygens (including phenoxy) is 2. The number of rotatable bonds is 5. The summed E-state index contributed by atoms with van der Waals surface area (Å²) in [4.78, 5) is 38.1. The van der Waals surface area contributed by atoms with Gasteiger partial charge in [-0.05, 0) is 12.1 Å². The minimum absolute atomic E-state index is 0.105. The molecule has 0 fully saturated rings. The van der Waals surface area contributed by atoms with E-state index in [4.69, 9.17) is 5.11 Å². The third-order valence-corrected chi connectivity index (χ3v) is 2.41. The first-order chi connectivity index (χ1) is 10.0. The molecule has 1 aromatic heterocycles. The van der Waals surface area contributed by atoms with E-state index < -0.39 is 30.6 Å². The van der Waals surface area contributed by atoms with Gasteiger partial charge >= 0.3 is 12.1 Å². The van der Waals surface area contributed by atoms with Gasteiger partial charge in [0.05, 0.1) is 20.8 Å². The summed E-state index contributed by atoms with van der Waals surface area (Å²) in [6.45, 7) is -0.600. The Kier molecular flexibility index (Phi) is 6.08. The number of aromatic nitrogens is 1. The molecule has 1 aromatic rings. The maximum atomic E-state index is 11.9. The smallest absolute Gasteiger partial charge is 0.412 e. The lowest BCUT2D eigenvalue weighted by Gasteiger charge is -2.14. The second-order valence-corrected chi connectivity index (χ2v) is 3.78. The fourth-order valence-corrected chi connectivity index (χ4v) is 1.36. The van der Waals surface area contributed by atoms with E-state index in [1.165, 1.54) is 25.4 Å². The molecule has 3 N–H and O–H groups in total. The molecule has 0 unspecified atom stereocenters. The predicted molar refractivity (Wildman–Crippen MR) is 70.6 cm³/mol. The SMILES string of the molecule is COC(=O)Nc1cc(C(=O)N[C@@H](CO)C(=O)OC)ccn1. The van der Waals surface area contributed by atoms with Crippen LogP contribution < -0.4 is 10.6 Å². The predicted octanol–water partition coefficient (Wildman–Crippen LogP) is -0.476. The lowest BCUT2D eigenvalue weighted by molar-refractivity contribution is -0.143. The molecule has 0 bridgehead atoms. The highest BCUT2D eigenvalue weighted by Crippen LogP contribution is 2.07. The van der Waals surface area contributed by atoms with Crippen molar-refractivity contribution in [3.63, 3.8) is 0 Å². The average Bonchev–Trinajstić information content (AvgIpc) is 2.51. The van der Waals surface area contributed by atoms with E-state index in [9.17, 15) is 14.4 Å². The Hall–Kier alpha value is -2.68. The molecule has 114 valence electrons. The van der Waals surface area contributed by atoms with Gasteiger partial charge in [0.25, 0.3) is 5.91 Å². The van der Waals surface area contributed by atoms with E-state index in [2.05, 4.69) is 25.1 Å². The van der Waals surface area contributed by atoms with Crippen LogP contribution in [0.15, 0.2) is 18.3 Å². The molecule has 0 saturated carbocycles. The molecule has 9 nitrogen and oxygen atoms in total. The van der Waals surface area contributed by atoms with Crippen molar-refractivity contribution in [1.29, 1.82) is 0 Å². The van der Waals surface area contributed by atoms with Gasteiger partial charge in [0.1, 0.15) is 5.82 Å². The summed E-state index contributed by atoms with van der Waals surface area (Å²) in [7, 11) is 2.33. The van der Waals surface area contributed by atoms with E-state index in [1.54, 1.807) is 0 Å². The Labute approximate surface area is 120 Å². The lowest BCUT2D eigenvalue weighted by atomic mass is 10.2. The third-order valence-electron chi connectivity index (χ3n) is 2.41. The molecule has 2 amide bonds. The molecule has 9 heteroatoms. The van der Waals surface area contributed by atoms with Gasteiger partial charge in [0.15, 0.2) is 6.04 Å². The second-order valence-electron chi connectivity index (χ2n) is 3.78. The van der Waals surface area contributed by atoms with E-state index >= 15 is 0 Å². The number of methoxy groups -OCH3 is 2. The van der Waals surface area contributed by atoms with Gasteiger partial charge in [-0.1, -0.05) is 0 Å². The van der Waals surface area contributed by atoms with Crippen molar-refractivity contribution in [2.24, 2.45) is 0 Å². The van der Waals surface area contributed by atoms with Crippen LogP contribution in [0.25, 0.3) is 0 Å². The first-order valence-corrected chi connectivity index (χ1v) is 5.82. The summed E-state index contributed by atoms with van der Waals surface area (Å²) < 4.78 is 8.83. The summed E-state index contributed by atoms with van der Waals surface area (Å²) in [6.07, 6.45) is 0.564. The zero-order valence-electron chi connectivity index (χ0n) is 11.5. The number of amides is 2. The molecule has 0 aliphatic heterocycles. The van der Waals surface area contributed by atoms with Crippen LogP contribution in [-0.2, 0) is 14.3 Å². The Morgan fingerprint density at radius 3 is 2.62 bits per heavy atom. The number of nitrogens with one attached hydrogen (secondary N) is 2. The highest BCUT2D eigenvalue weighted by Gasteiger charge is 2.21. The van der Waals surface area contributed by atoms with Gasteiger partial charge in [-0.25, -0.2) is 14.6 Å². The van der Waals surface area contributed by atoms with Crippen molar-refractivity contribution in [2.45, 2.75) is 6.04 Å². The molecule has 21 heavy (non-hydrogen) atoms.